The van der Waals surface area contributed by atoms with Gasteiger partial charge in [-0.15, -0.1) is 10.2 Å². The minimum Gasteiger partial charge on any atom is -0.761 e. The molecule has 4 heteroatoms. The third-order valence-corrected chi connectivity index (χ3v) is 0.499. The van der Waals surface area contributed by atoms with Gasteiger partial charge < -0.3 is 5.41 Å². The molecule has 0 fully saturated rings. The smallest absolute Gasteiger partial charge is 0.127 e. The van der Waals surface area contributed by atoms with Gasteiger partial charge in [0, 0.05) is 0 Å². The summed E-state index contributed by atoms with van der Waals surface area (Å²) in [5, 5.41) is 17.8. The van der Waals surface area contributed by atoms with Gasteiger partial charge in [0.05, 0.1) is 6.21 Å². The normalized spacial score (nSPS) is 15.1. The summed E-state index contributed by atoms with van der Waals surface area (Å²) in [6.45, 7) is 0. The molecule has 0 aliphatic carbocycles. The van der Waals surface area contributed by atoms with Crippen molar-refractivity contribution >= 4 is 12.1 Å². The van der Waals surface area contributed by atoms with Crippen LogP contribution in [0.1, 0.15) is 0 Å². The van der Waals surface area contributed by atoms with Crippen LogP contribution in [0.2, 0.25) is 0 Å². The molecule has 1 heterocycles. The van der Waals surface area contributed by atoms with Crippen LogP contribution in [0.5, 0.6) is 0 Å². The van der Waals surface area contributed by atoms with Gasteiger partial charge in [0.2, 0.25) is 0 Å². The minimum absolute atomic E-state index is 0.264. The van der Waals surface area contributed by atoms with Crippen molar-refractivity contribution in [3.63, 3.8) is 0 Å². The molecular weight excluding hydrogens is 92.1 g/mol. The molecule has 34 valence electrons. The summed E-state index contributed by atoms with van der Waals surface area (Å²) in [6.07, 6.45) is 1.31. The number of hydrogen-bond donors (Lipinski definition) is 0. The Morgan fingerprint density at radius 1 is 1.71 bits per heavy atom. The van der Waals surface area contributed by atoms with Crippen molar-refractivity contribution in [1.82, 2.24) is 0 Å². The lowest BCUT2D eigenvalue weighted by atomic mass is 10.6. The van der Waals surface area contributed by atoms with E-state index in [0.717, 1.165) is 0 Å². The van der Waals surface area contributed by atoms with Crippen LogP contribution in [0.3, 0.4) is 0 Å². The molecule has 7 heavy (non-hydrogen) atoms. The Kier molecular flexibility index (Phi) is 0.805. The molecule has 0 atom stereocenters. The van der Waals surface area contributed by atoms with Crippen molar-refractivity contribution in [3.05, 3.63) is 11.1 Å². The fourth-order valence-electron chi connectivity index (χ4n) is 0.232. The van der Waals surface area contributed by atoms with Crippen LogP contribution in [-0.2, 0) is 0 Å². The molecule has 1 rings (SSSR count). The Hall–Kier alpha value is -1.28. The van der Waals surface area contributed by atoms with Crippen LogP contribution in [0.4, 0.5) is 0 Å². The van der Waals surface area contributed by atoms with Gasteiger partial charge >= 0.3 is 0 Å². The third kappa shape index (κ3) is 0.586. The second-order valence-corrected chi connectivity index (χ2v) is 0.931. The summed E-state index contributed by atoms with van der Waals surface area (Å²) in [5.74, 6) is 1.77. The van der Waals surface area contributed by atoms with Crippen molar-refractivity contribution in [2.24, 2.45) is 15.4 Å². The number of hydrogen-bond acceptors (Lipinski definition) is 3. The van der Waals surface area contributed by atoms with E-state index in [1.165, 1.54) is 6.21 Å². The van der Waals surface area contributed by atoms with Crippen molar-refractivity contribution in [2.75, 3.05) is 0 Å². The zero-order chi connectivity index (χ0) is 5.11. The molecule has 0 bridgehead atoms. The average molecular weight is 93.1 g/mol. The Bertz CT molecular complexity index is 157. The molecule has 4 nitrogen and oxygen atoms in total. The van der Waals surface area contributed by atoms with E-state index in [1.54, 1.807) is 5.87 Å². The lowest BCUT2D eigenvalue weighted by Gasteiger charge is -1.72. The molecule has 0 aromatic carbocycles. The van der Waals surface area contributed by atoms with Gasteiger partial charge in [0.1, 0.15) is 5.70 Å². The second kappa shape index (κ2) is 1.45. The Labute approximate surface area is 39.8 Å². The average Bonchev–Trinajstić information content (AvgIpc) is 2.14. The monoisotopic (exact) mass is 93.0 g/mol. The summed E-state index contributed by atoms with van der Waals surface area (Å²) in [5.41, 5.74) is 0.264. The van der Waals surface area contributed by atoms with E-state index in [4.69, 9.17) is 5.41 Å². The lowest BCUT2D eigenvalue weighted by Crippen LogP contribution is -1.69. The molecule has 0 aromatic rings. The maximum Gasteiger partial charge on any atom is 0.127 e. The lowest BCUT2D eigenvalue weighted by molar-refractivity contribution is 1.10. The summed E-state index contributed by atoms with van der Waals surface area (Å²) < 4.78 is 0. The van der Waals surface area contributed by atoms with Gasteiger partial charge in [0.25, 0.3) is 0 Å². The van der Waals surface area contributed by atoms with Gasteiger partial charge in [0.15, 0.2) is 0 Å². The predicted octanol–water partition coefficient (Wildman–Crippen LogP) is 0.561. The summed E-state index contributed by atoms with van der Waals surface area (Å²) >= 11 is 0. The first kappa shape index (κ1) is 3.89. The second-order valence-electron chi connectivity index (χ2n) is 0.931. The highest BCUT2D eigenvalue weighted by Gasteiger charge is 1.87. The number of nitrogens with zero attached hydrogens (tertiary/aromatic N) is 4. The van der Waals surface area contributed by atoms with Gasteiger partial charge in [-0.25, -0.2) is 5.87 Å². The Balaban J connectivity index is 3.00. The van der Waals surface area contributed by atoms with Crippen LogP contribution in [0, 0.1) is 0 Å². The van der Waals surface area contributed by atoms with E-state index in [0.29, 0.717) is 0 Å². The van der Waals surface area contributed by atoms with Crippen molar-refractivity contribution < 1.29 is 0 Å². The summed E-state index contributed by atoms with van der Waals surface area (Å²) in [4.78, 5) is 0. The minimum atomic E-state index is 0.264. The molecule has 0 amide bonds. The van der Waals surface area contributed by atoms with Crippen LogP contribution in [0.15, 0.2) is 21.1 Å². The Morgan fingerprint density at radius 2 is 2.57 bits per heavy atom. The largest absolute Gasteiger partial charge is 0.761 e. The predicted molar refractivity (Wildman–Crippen MR) is 25.2 cm³/mol. The fourth-order valence-corrected chi connectivity index (χ4v) is 0.232. The van der Waals surface area contributed by atoms with E-state index >= 15 is 0 Å². The standard InChI is InChI=1S/C3HN4/c4-1-3-2-5-7-6-3/h2H/q-1. The molecule has 0 aromatic heterocycles. The molecule has 0 saturated heterocycles. The van der Waals surface area contributed by atoms with Crippen LogP contribution in [-0.4, -0.2) is 12.1 Å². The number of rotatable bonds is 0. The molecule has 0 saturated carbocycles. The van der Waals surface area contributed by atoms with E-state index in [1.807, 2.05) is 0 Å². The summed E-state index contributed by atoms with van der Waals surface area (Å²) in [7, 11) is 0. The van der Waals surface area contributed by atoms with Crippen LogP contribution in [0.25, 0.3) is 5.41 Å². The molecule has 0 unspecified atom stereocenters. The van der Waals surface area contributed by atoms with Crippen molar-refractivity contribution in [2.45, 2.75) is 0 Å². The SMILES string of the molecule is [N-]=C=C1C=NN=N1. The molecule has 0 radical (unpaired) electrons. The first-order valence-corrected chi connectivity index (χ1v) is 1.64. The fraction of sp³-hybridized carbons (Fsp3) is 0. The molecule has 1 aliphatic rings. The van der Waals surface area contributed by atoms with Crippen LogP contribution < -0.4 is 0 Å². The van der Waals surface area contributed by atoms with Gasteiger partial charge in [-0.1, -0.05) is 0 Å². The first-order valence-electron chi connectivity index (χ1n) is 1.64. The van der Waals surface area contributed by atoms with Crippen LogP contribution >= 0.6 is 0 Å². The highest BCUT2D eigenvalue weighted by atomic mass is 15.4. The van der Waals surface area contributed by atoms with Gasteiger partial charge in [-0.3, -0.25) is 0 Å². The zero-order valence-corrected chi connectivity index (χ0v) is 3.37. The van der Waals surface area contributed by atoms with Gasteiger partial charge in [-0.2, -0.15) is 0 Å². The quantitative estimate of drug-likeness (QED) is 0.393. The van der Waals surface area contributed by atoms with Crippen molar-refractivity contribution in [3.8, 4) is 0 Å². The van der Waals surface area contributed by atoms with E-state index in [9.17, 15) is 0 Å². The third-order valence-electron chi connectivity index (χ3n) is 0.499. The first-order chi connectivity index (χ1) is 3.43. The maximum atomic E-state index is 8.03. The Morgan fingerprint density at radius 3 is 2.86 bits per heavy atom. The summed E-state index contributed by atoms with van der Waals surface area (Å²) in [6, 6.07) is 0. The topological polar surface area (TPSA) is 59.4 Å². The molecule has 0 spiro atoms. The highest BCUT2D eigenvalue weighted by Crippen LogP contribution is 1.95. The maximum absolute atomic E-state index is 8.03. The molecule has 0 N–H and O–H groups in total. The highest BCUT2D eigenvalue weighted by molar-refractivity contribution is 5.91. The number of allylic oxidation sites excluding steroid dienone is 1. The zero-order valence-electron chi connectivity index (χ0n) is 3.37. The van der Waals surface area contributed by atoms with Crippen molar-refractivity contribution in [1.29, 1.82) is 0 Å². The van der Waals surface area contributed by atoms with E-state index in [2.05, 4.69) is 15.4 Å². The molecule has 1 aliphatic heterocycles. The van der Waals surface area contributed by atoms with Gasteiger partial charge in [-0.05, 0) is 5.22 Å². The van der Waals surface area contributed by atoms with E-state index in [-0.39, 0.29) is 5.70 Å². The molecular formula is C3HN4-. The van der Waals surface area contributed by atoms with E-state index < -0.39 is 0 Å².